The monoisotopic (exact) mass is 612 g/mol. The first-order chi connectivity index (χ1) is 19.6. The Morgan fingerprint density at radius 2 is 1.60 bits per heavy atom. The number of hydrogen-bond acceptors (Lipinski definition) is 3. The largest absolute Gasteiger partial charge is 0.435 e. The van der Waals surface area contributed by atoms with Crippen molar-refractivity contribution in [2.75, 3.05) is 17.3 Å². The lowest BCUT2D eigenvalue weighted by Gasteiger charge is -2.22. The summed E-state index contributed by atoms with van der Waals surface area (Å²) >= 11 is 5.99. The third-order valence-corrected chi connectivity index (χ3v) is 6.52. The Hall–Kier alpha value is -4.39. The average Bonchev–Trinajstić information content (AvgIpc) is 3.38. The molecule has 3 aromatic carbocycles. The maximum Gasteiger partial charge on any atom is 0.435 e. The van der Waals surface area contributed by atoms with Gasteiger partial charge in [0.1, 0.15) is 11.6 Å². The molecule has 42 heavy (non-hydrogen) atoms. The molecule has 0 fully saturated rings. The number of halogens is 8. The van der Waals surface area contributed by atoms with Gasteiger partial charge in [-0.05, 0) is 67.1 Å². The molecule has 4 rings (SSSR count). The minimum atomic E-state index is -4.81. The van der Waals surface area contributed by atoms with Crippen molar-refractivity contribution in [3.63, 3.8) is 0 Å². The van der Waals surface area contributed by atoms with Gasteiger partial charge in [-0.3, -0.25) is 14.5 Å². The Morgan fingerprint density at radius 3 is 2.17 bits per heavy atom. The topological polar surface area (TPSA) is 67.2 Å². The van der Waals surface area contributed by atoms with Crippen LogP contribution in [0.15, 0.2) is 72.8 Å². The van der Waals surface area contributed by atoms with Gasteiger partial charge in [-0.25, -0.2) is 9.07 Å². The van der Waals surface area contributed by atoms with Gasteiger partial charge in [0.2, 0.25) is 5.91 Å². The minimum Gasteiger partial charge on any atom is -0.322 e. The lowest BCUT2D eigenvalue weighted by Crippen LogP contribution is -2.32. The molecule has 4 aromatic rings. The number of likely N-dealkylation sites (N-methyl/N-ethyl adjacent to an activating group) is 1. The standard InChI is InChI=1S/C28H20ClF7N4O2/c1-15(16-6-11-21(22(30)12-16)25(41)37-19-9-7-17(8-10-19)27(31,32)33)26(42)39(2)24-14-23(28(34,35)36)38-40(24)20-5-3-4-18(29)13-20/h3-15H,1-2H3,(H,37,41). The smallest absolute Gasteiger partial charge is 0.322 e. The molecular formula is C28H20ClF7N4O2. The van der Waals surface area contributed by atoms with Crippen LogP contribution in [0.3, 0.4) is 0 Å². The van der Waals surface area contributed by atoms with Gasteiger partial charge in [-0.15, -0.1) is 0 Å². The Morgan fingerprint density at radius 1 is 0.929 bits per heavy atom. The molecule has 1 aromatic heterocycles. The van der Waals surface area contributed by atoms with E-state index in [4.69, 9.17) is 11.6 Å². The number of benzene rings is 3. The molecular weight excluding hydrogens is 593 g/mol. The van der Waals surface area contributed by atoms with Crippen LogP contribution < -0.4 is 10.2 Å². The summed E-state index contributed by atoms with van der Waals surface area (Å²) in [5, 5.41) is 6.13. The van der Waals surface area contributed by atoms with E-state index in [2.05, 4.69) is 10.4 Å². The molecule has 0 aliphatic heterocycles. The Labute approximate surface area is 239 Å². The molecule has 220 valence electrons. The molecule has 6 nitrogen and oxygen atoms in total. The van der Waals surface area contributed by atoms with Gasteiger partial charge in [0.25, 0.3) is 5.91 Å². The summed E-state index contributed by atoms with van der Waals surface area (Å²) in [6.07, 6.45) is -9.38. The third kappa shape index (κ3) is 6.56. The van der Waals surface area contributed by atoms with E-state index in [0.717, 1.165) is 46.0 Å². The van der Waals surface area contributed by atoms with Crippen molar-refractivity contribution >= 4 is 34.9 Å². The van der Waals surface area contributed by atoms with E-state index >= 15 is 0 Å². The summed E-state index contributed by atoms with van der Waals surface area (Å²) < 4.78 is 94.6. The number of nitrogens with one attached hydrogen (secondary N) is 1. The highest BCUT2D eigenvalue weighted by molar-refractivity contribution is 6.30. The zero-order valence-electron chi connectivity index (χ0n) is 21.7. The van der Waals surface area contributed by atoms with E-state index < -0.39 is 52.7 Å². The number of aromatic nitrogens is 2. The van der Waals surface area contributed by atoms with Crippen LogP contribution in [0.5, 0.6) is 0 Å². The molecule has 1 heterocycles. The van der Waals surface area contributed by atoms with Gasteiger partial charge in [0.05, 0.1) is 22.7 Å². The van der Waals surface area contributed by atoms with Crippen molar-refractivity contribution in [1.29, 1.82) is 0 Å². The third-order valence-electron chi connectivity index (χ3n) is 6.29. The predicted octanol–water partition coefficient (Wildman–Crippen LogP) is 7.72. The second-order valence-electron chi connectivity index (χ2n) is 9.16. The fraction of sp³-hybridized carbons (Fsp3) is 0.179. The molecule has 1 unspecified atom stereocenters. The molecule has 0 aliphatic rings. The molecule has 0 saturated heterocycles. The van der Waals surface area contributed by atoms with Crippen LogP contribution in [-0.4, -0.2) is 28.6 Å². The van der Waals surface area contributed by atoms with Crippen LogP contribution in [0.1, 0.15) is 40.0 Å². The molecule has 1 atom stereocenters. The quantitative estimate of drug-likeness (QED) is 0.227. The normalized spacial score (nSPS) is 12.6. The van der Waals surface area contributed by atoms with Gasteiger partial charge >= 0.3 is 12.4 Å². The summed E-state index contributed by atoms with van der Waals surface area (Å²) in [4.78, 5) is 26.8. The molecule has 1 N–H and O–H groups in total. The highest BCUT2D eigenvalue weighted by Crippen LogP contribution is 2.34. The number of hydrogen-bond donors (Lipinski definition) is 1. The number of alkyl halides is 6. The van der Waals surface area contributed by atoms with Crippen LogP contribution >= 0.6 is 11.6 Å². The van der Waals surface area contributed by atoms with Crippen molar-refractivity contribution in [3.05, 3.63) is 106 Å². The van der Waals surface area contributed by atoms with Crippen molar-refractivity contribution in [2.24, 2.45) is 0 Å². The van der Waals surface area contributed by atoms with Crippen LogP contribution in [0.25, 0.3) is 5.69 Å². The van der Waals surface area contributed by atoms with E-state index in [1.807, 2.05) is 0 Å². The summed E-state index contributed by atoms with van der Waals surface area (Å²) in [6, 6.07) is 13.4. The number of carbonyl (C=O) groups is 2. The van der Waals surface area contributed by atoms with Crippen molar-refractivity contribution < 1.29 is 40.3 Å². The zero-order valence-corrected chi connectivity index (χ0v) is 22.4. The zero-order chi connectivity index (χ0) is 31.0. The fourth-order valence-electron chi connectivity index (χ4n) is 4.02. The van der Waals surface area contributed by atoms with E-state index in [1.165, 1.54) is 44.3 Å². The summed E-state index contributed by atoms with van der Waals surface area (Å²) in [5.41, 5.74) is -2.35. The number of nitrogens with zero attached hydrogens (tertiary/aromatic N) is 3. The summed E-state index contributed by atoms with van der Waals surface area (Å²) in [5.74, 6) is -3.99. The molecule has 2 amide bonds. The van der Waals surface area contributed by atoms with Gasteiger partial charge < -0.3 is 5.32 Å². The fourth-order valence-corrected chi connectivity index (χ4v) is 4.20. The lowest BCUT2D eigenvalue weighted by atomic mass is 9.97. The summed E-state index contributed by atoms with van der Waals surface area (Å²) in [7, 11) is 1.24. The van der Waals surface area contributed by atoms with E-state index in [-0.39, 0.29) is 27.8 Å². The van der Waals surface area contributed by atoms with Gasteiger partial charge in [-0.2, -0.15) is 31.4 Å². The Bertz CT molecular complexity index is 1630. The molecule has 0 aliphatic carbocycles. The first-order valence-corrected chi connectivity index (χ1v) is 12.4. The molecule has 0 saturated carbocycles. The number of amides is 2. The summed E-state index contributed by atoms with van der Waals surface area (Å²) in [6.45, 7) is 1.40. The number of anilines is 2. The van der Waals surface area contributed by atoms with Crippen molar-refractivity contribution in [2.45, 2.75) is 25.2 Å². The number of carbonyl (C=O) groups excluding carboxylic acids is 2. The first kappa shape index (κ1) is 30.6. The highest BCUT2D eigenvalue weighted by Gasteiger charge is 2.37. The van der Waals surface area contributed by atoms with Crippen LogP contribution in [0.4, 0.5) is 42.2 Å². The van der Waals surface area contributed by atoms with Crippen LogP contribution in [-0.2, 0) is 17.1 Å². The number of rotatable bonds is 6. The minimum absolute atomic E-state index is 0.00353. The second kappa shape index (κ2) is 11.5. The van der Waals surface area contributed by atoms with Crippen molar-refractivity contribution in [1.82, 2.24) is 9.78 Å². The molecule has 0 radical (unpaired) electrons. The molecule has 0 spiro atoms. The Kier molecular flexibility index (Phi) is 8.35. The van der Waals surface area contributed by atoms with E-state index in [9.17, 15) is 40.3 Å². The Balaban J connectivity index is 1.56. The van der Waals surface area contributed by atoms with Gasteiger partial charge in [0.15, 0.2) is 5.69 Å². The van der Waals surface area contributed by atoms with Crippen molar-refractivity contribution in [3.8, 4) is 5.69 Å². The van der Waals surface area contributed by atoms with Crippen LogP contribution in [0.2, 0.25) is 5.02 Å². The van der Waals surface area contributed by atoms with Gasteiger partial charge in [-0.1, -0.05) is 23.7 Å². The SMILES string of the molecule is CC(C(=O)N(C)c1cc(C(F)(F)F)nn1-c1cccc(Cl)c1)c1ccc(C(=O)Nc2ccc(C(F)(F)F)cc2)c(F)c1. The first-order valence-electron chi connectivity index (χ1n) is 12.0. The van der Waals surface area contributed by atoms with Gasteiger partial charge in [0, 0.05) is 23.8 Å². The average molecular weight is 613 g/mol. The van der Waals surface area contributed by atoms with E-state index in [1.54, 1.807) is 0 Å². The lowest BCUT2D eigenvalue weighted by molar-refractivity contribution is -0.141. The second-order valence-corrected chi connectivity index (χ2v) is 9.60. The maximum atomic E-state index is 14.9. The van der Waals surface area contributed by atoms with E-state index in [0.29, 0.717) is 6.07 Å². The maximum absolute atomic E-state index is 14.9. The highest BCUT2D eigenvalue weighted by atomic mass is 35.5. The predicted molar refractivity (Wildman–Crippen MR) is 141 cm³/mol. The van der Waals surface area contributed by atoms with Crippen LogP contribution in [0, 0.1) is 5.82 Å². The molecule has 14 heteroatoms. The molecule has 0 bridgehead atoms.